The van der Waals surface area contributed by atoms with Gasteiger partial charge in [0.05, 0.1) is 5.56 Å². The zero-order chi connectivity index (χ0) is 16.8. The van der Waals surface area contributed by atoms with Crippen LogP contribution in [0.3, 0.4) is 0 Å². The number of alkyl halides is 3. The van der Waals surface area contributed by atoms with Crippen molar-refractivity contribution < 1.29 is 23.1 Å². The molecule has 0 fully saturated rings. The molecule has 1 aromatic rings. The molecule has 1 aromatic carbocycles. The molecule has 1 atom stereocenters. The molecule has 0 aliphatic heterocycles. The molecule has 0 saturated carbocycles. The fourth-order valence-electron chi connectivity index (χ4n) is 1.49. The van der Waals surface area contributed by atoms with Crippen LogP contribution in [0.2, 0.25) is 0 Å². The van der Waals surface area contributed by atoms with Gasteiger partial charge in [-0.1, -0.05) is 42.7 Å². The van der Waals surface area contributed by atoms with Crippen LogP contribution in [-0.4, -0.2) is 35.6 Å². The Morgan fingerprint density at radius 3 is 2.68 bits per heavy atom. The molecule has 0 aliphatic carbocycles. The molecule has 0 saturated heterocycles. The van der Waals surface area contributed by atoms with Crippen LogP contribution in [0, 0.1) is 0 Å². The zero-order valence-electron chi connectivity index (χ0n) is 12.2. The van der Waals surface area contributed by atoms with Crippen molar-refractivity contribution >= 4 is 16.8 Å². The summed E-state index contributed by atoms with van der Waals surface area (Å²) in [4.78, 5) is 4.85. The van der Waals surface area contributed by atoms with Crippen molar-refractivity contribution in [1.29, 1.82) is 0 Å². The lowest BCUT2D eigenvalue weighted by atomic mass is 10.1. The highest BCUT2D eigenvalue weighted by Crippen LogP contribution is 2.29. The standard InChI is InChI=1S/C14H18ClF3N2O2/c1-9(2)19-7-12(21)8-22-20-13(15)10-4-3-5-11(6-10)14(16,17)18/h3-6,9,12,19,21H,7-8H2,1-2H3/b20-13-. The van der Waals surface area contributed by atoms with E-state index in [1.165, 1.54) is 12.1 Å². The van der Waals surface area contributed by atoms with E-state index < -0.39 is 17.8 Å². The number of nitrogens with one attached hydrogen (secondary N) is 1. The maximum absolute atomic E-state index is 12.6. The first-order valence-electron chi connectivity index (χ1n) is 6.64. The van der Waals surface area contributed by atoms with Gasteiger partial charge in [-0.2, -0.15) is 13.2 Å². The molecule has 1 rings (SSSR count). The molecule has 0 heterocycles. The van der Waals surface area contributed by atoms with Crippen molar-refractivity contribution in [2.24, 2.45) is 5.16 Å². The molecule has 0 aromatic heterocycles. The second kappa shape index (κ2) is 8.36. The second-order valence-corrected chi connectivity index (χ2v) is 5.33. The van der Waals surface area contributed by atoms with E-state index in [4.69, 9.17) is 16.4 Å². The number of aliphatic hydroxyl groups is 1. The Hall–Kier alpha value is -1.31. The Balaban J connectivity index is 2.58. The van der Waals surface area contributed by atoms with Gasteiger partial charge in [0.2, 0.25) is 0 Å². The average Bonchev–Trinajstić information content (AvgIpc) is 2.44. The van der Waals surface area contributed by atoms with E-state index in [0.29, 0.717) is 6.54 Å². The summed E-state index contributed by atoms with van der Waals surface area (Å²) in [5.74, 6) is 0. The highest BCUT2D eigenvalue weighted by Gasteiger charge is 2.30. The SMILES string of the molecule is CC(C)NCC(O)CO/N=C(\Cl)c1cccc(C(F)(F)F)c1. The van der Waals surface area contributed by atoms with E-state index in [1.54, 1.807) is 0 Å². The Morgan fingerprint density at radius 1 is 1.41 bits per heavy atom. The van der Waals surface area contributed by atoms with E-state index in [0.717, 1.165) is 12.1 Å². The molecule has 1 unspecified atom stereocenters. The first-order valence-corrected chi connectivity index (χ1v) is 7.02. The maximum Gasteiger partial charge on any atom is 0.416 e. The lowest BCUT2D eigenvalue weighted by Gasteiger charge is -2.13. The number of oxime groups is 1. The number of hydrogen-bond acceptors (Lipinski definition) is 4. The third kappa shape index (κ3) is 6.64. The number of nitrogens with zero attached hydrogens (tertiary/aromatic N) is 1. The van der Waals surface area contributed by atoms with Crippen LogP contribution in [-0.2, 0) is 11.0 Å². The average molecular weight is 339 g/mol. The molecule has 0 amide bonds. The number of rotatable bonds is 7. The second-order valence-electron chi connectivity index (χ2n) is 4.97. The quantitative estimate of drug-likeness (QED) is 0.593. The Bertz CT molecular complexity index is 507. The summed E-state index contributed by atoms with van der Waals surface area (Å²) in [6.07, 6.45) is -5.25. The van der Waals surface area contributed by atoms with Crippen LogP contribution in [0.15, 0.2) is 29.4 Å². The normalized spacial score (nSPS) is 14.3. The molecule has 0 bridgehead atoms. The van der Waals surface area contributed by atoms with Gasteiger partial charge in [0.15, 0.2) is 5.17 Å². The first kappa shape index (κ1) is 18.7. The topological polar surface area (TPSA) is 53.8 Å². The van der Waals surface area contributed by atoms with Gasteiger partial charge in [-0.25, -0.2) is 0 Å². The molecule has 0 aliphatic rings. The van der Waals surface area contributed by atoms with Gasteiger partial charge in [0.1, 0.15) is 12.7 Å². The van der Waals surface area contributed by atoms with Gasteiger partial charge < -0.3 is 15.3 Å². The molecule has 8 heteroatoms. The van der Waals surface area contributed by atoms with Gasteiger partial charge in [-0.3, -0.25) is 0 Å². The summed E-state index contributed by atoms with van der Waals surface area (Å²) in [6, 6.07) is 4.66. The van der Waals surface area contributed by atoms with Gasteiger partial charge in [0.25, 0.3) is 0 Å². The largest absolute Gasteiger partial charge is 0.416 e. The smallest absolute Gasteiger partial charge is 0.392 e. The number of hydrogen-bond donors (Lipinski definition) is 2. The van der Waals surface area contributed by atoms with E-state index in [9.17, 15) is 18.3 Å². The van der Waals surface area contributed by atoms with Gasteiger partial charge in [-0.05, 0) is 12.1 Å². The van der Waals surface area contributed by atoms with Crippen molar-refractivity contribution in [2.45, 2.75) is 32.2 Å². The third-order valence-corrected chi connectivity index (χ3v) is 2.89. The number of aliphatic hydroxyl groups excluding tert-OH is 1. The monoisotopic (exact) mass is 338 g/mol. The van der Waals surface area contributed by atoms with Gasteiger partial charge in [-0.15, -0.1) is 0 Å². The summed E-state index contributed by atoms with van der Waals surface area (Å²) >= 11 is 5.80. The van der Waals surface area contributed by atoms with E-state index in [2.05, 4.69) is 10.5 Å². The van der Waals surface area contributed by atoms with Crippen LogP contribution >= 0.6 is 11.6 Å². The lowest BCUT2D eigenvalue weighted by molar-refractivity contribution is -0.137. The van der Waals surface area contributed by atoms with Gasteiger partial charge >= 0.3 is 6.18 Å². The van der Waals surface area contributed by atoms with E-state index >= 15 is 0 Å². The highest BCUT2D eigenvalue weighted by atomic mass is 35.5. The highest BCUT2D eigenvalue weighted by molar-refractivity contribution is 6.69. The van der Waals surface area contributed by atoms with E-state index in [1.807, 2.05) is 13.8 Å². The van der Waals surface area contributed by atoms with Crippen molar-refractivity contribution in [3.05, 3.63) is 35.4 Å². The molecule has 0 spiro atoms. The van der Waals surface area contributed by atoms with Crippen molar-refractivity contribution in [2.75, 3.05) is 13.2 Å². The molecule has 2 N–H and O–H groups in total. The van der Waals surface area contributed by atoms with Crippen LogP contribution in [0.4, 0.5) is 13.2 Å². The summed E-state index contributed by atoms with van der Waals surface area (Å²) < 4.78 is 37.8. The molecule has 124 valence electrons. The molecular weight excluding hydrogens is 321 g/mol. The number of halogens is 4. The predicted molar refractivity (Wildman–Crippen MR) is 78.9 cm³/mol. The lowest BCUT2D eigenvalue weighted by Crippen LogP contribution is -2.34. The summed E-state index contributed by atoms with van der Waals surface area (Å²) in [6.45, 7) is 4.05. The van der Waals surface area contributed by atoms with Crippen LogP contribution in [0.5, 0.6) is 0 Å². The van der Waals surface area contributed by atoms with Crippen LogP contribution < -0.4 is 5.32 Å². The minimum absolute atomic E-state index is 0.0892. The maximum atomic E-state index is 12.6. The molecule has 4 nitrogen and oxygen atoms in total. The minimum atomic E-state index is -4.45. The molecular formula is C14H18ClF3N2O2. The van der Waals surface area contributed by atoms with Crippen molar-refractivity contribution in [1.82, 2.24) is 5.32 Å². The van der Waals surface area contributed by atoms with Crippen LogP contribution in [0.1, 0.15) is 25.0 Å². The number of benzene rings is 1. The zero-order valence-corrected chi connectivity index (χ0v) is 12.9. The fraction of sp³-hybridized carbons (Fsp3) is 0.500. The van der Waals surface area contributed by atoms with Gasteiger partial charge in [0, 0.05) is 18.2 Å². The summed E-state index contributed by atoms with van der Waals surface area (Å²) in [7, 11) is 0. The molecule has 0 radical (unpaired) electrons. The molecule has 22 heavy (non-hydrogen) atoms. The minimum Gasteiger partial charge on any atom is -0.392 e. The summed E-state index contributed by atoms with van der Waals surface area (Å²) in [5, 5.41) is 15.9. The summed E-state index contributed by atoms with van der Waals surface area (Å²) in [5.41, 5.74) is -0.731. The Labute approximate surface area is 131 Å². The van der Waals surface area contributed by atoms with E-state index in [-0.39, 0.29) is 23.4 Å². The Kier molecular flexibility index (Phi) is 7.12. The fourth-order valence-corrected chi connectivity index (χ4v) is 1.65. The Morgan fingerprint density at radius 2 is 2.09 bits per heavy atom. The predicted octanol–water partition coefficient (Wildman–Crippen LogP) is 2.98. The first-order chi connectivity index (χ1) is 10.2. The van der Waals surface area contributed by atoms with Crippen LogP contribution in [0.25, 0.3) is 0 Å². The van der Waals surface area contributed by atoms with Crippen molar-refractivity contribution in [3.63, 3.8) is 0 Å². The van der Waals surface area contributed by atoms with Crippen molar-refractivity contribution in [3.8, 4) is 0 Å². The third-order valence-electron chi connectivity index (χ3n) is 2.60.